The Balaban J connectivity index is 2.02. The largest absolute Gasteiger partial charge is 0.504 e. The summed E-state index contributed by atoms with van der Waals surface area (Å²) in [6, 6.07) is 3.79. The van der Waals surface area contributed by atoms with Gasteiger partial charge in [-0.1, -0.05) is 5.21 Å². The zero-order valence-corrected chi connectivity index (χ0v) is 8.58. The van der Waals surface area contributed by atoms with Gasteiger partial charge in [-0.3, -0.25) is 4.79 Å². The lowest BCUT2D eigenvalue weighted by Crippen LogP contribution is -2.23. The van der Waals surface area contributed by atoms with Crippen LogP contribution in [0.15, 0.2) is 18.2 Å². The van der Waals surface area contributed by atoms with Gasteiger partial charge in [-0.2, -0.15) is 5.21 Å². The highest BCUT2D eigenvalue weighted by molar-refractivity contribution is 5.94. The third kappa shape index (κ3) is 2.48. The highest BCUT2D eigenvalue weighted by Crippen LogP contribution is 2.24. The Bertz CT molecular complexity index is 525. The summed E-state index contributed by atoms with van der Waals surface area (Å²) in [4.78, 5) is 11.6. The third-order valence-electron chi connectivity index (χ3n) is 2.03. The summed E-state index contributed by atoms with van der Waals surface area (Å²) in [6.07, 6.45) is 0. The number of tetrazole rings is 1. The molecule has 2 aromatic rings. The molecule has 0 aliphatic carbocycles. The van der Waals surface area contributed by atoms with Crippen LogP contribution in [-0.4, -0.2) is 36.7 Å². The van der Waals surface area contributed by atoms with E-state index >= 15 is 0 Å². The molecule has 0 radical (unpaired) electrons. The second kappa shape index (κ2) is 4.47. The molecule has 0 spiro atoms. The summed E-state index contributed by atoms with van der Waals surface area (Å²) in [5, 5.41) is 33.8. The number of benzene rings is 1. The lowest BCUT2D eigenvalue weighted by molar-refractivity contribution is 0.0949. The molecular formula is C9H9N5O3. The molecule has 0 atom stereocenters. The fourth-order valence-electron chi connectivity index (χ4n) is 1.18. The predicted octanol–water partition coefficient (Wildman–Crippen LogP) is -0.459. The third-order valence-corrected chi connectivity index (χ3v) is 2.03. The van der Waals surface area contributed by atoms with Gasteiger partial charge in [0.25, 0.3) is 5.91 Å². The van der Waals surface area contributed by atoms with Gasteiger partial charge in [0.05, 0.1) is 6.54 Å². The summed E-state index contributed by atoms with van der Waals surface area (Å²) < 4.78 is 0. The van der Waals surface area contributed by atoms with Crippen LogP contribution in [0.1, 0.15) is 16.2 Å². The van der Waals surface area contributed by atoms with Crippen LogP contribution in [-0.2, 0) is 6.54 Å². The SMILES string of the molecule is O=C(NCc1nn[nH]n1)c1ccc(O)c(O)c1. The normalized spacial score (nSPS) is 10.1. The number of aromatic hydroxyl groups is 2. The molecule has 0 saturated heterocycles. The number of nitrogens with zero attached hydrogens (tertiary/aromatic N) is 3. The molecular weight excluding hydrogens is 226 g/mol. The van der Waals surface area contributed by atoms with E-state index in [1.165, 1.54) is 18.2 Å². The van der Waals surface area contributed by atoms with Crippen molar-refractivity contribution in [2.45, 2.75) is 6.54 Å². The van der Waals surface area contributed by atoms with Crippen LogP contribution in [0, 0.1) is 0 Å². The molecule has 4 N–H and O–H groups in total. The molecule has 17 heavy (non-hydrogen) atoms. The van der Waals surface area contributed by atoms with Crippen LogP contribution in [0.5, 0.6) is 11.5 Å². The van der Waals surface area contributed by atoms with Gasteiger partial charge in [-0.05, 0) is 18.2 Å². The number of nitrogens with one attached hydrogen (secondary N) is 2. The average Bonchev–Trinajstić information content (AvgIpc) is 2.82. The van der Waals surface area contributed by atoms with Crippen LogP contribution in [0.2, 0.25) is 0 Å². The molecule has 8 heteroatoms. The van der Waals surface area contributed by atoms with E-state index in [1.807, 2.05) is 0 Å². The first-order chi connectivity index (χ1) is 8.16. The summed E-state index contributed by atoms with van der Waals surface area (Å²) in [5.74, 6) is -0.691. The van der Waals surface area contributed by atoms with Crippen LogP contribution in [0.3, 0.4) is 0 Å². The van der Waals surface area contributed by atoms with Gasteiger partial charge in [0, 0.05) is 5.56 Å². The fourth-order valence-corrected chi connectivity index (χ4v) is 1.18. The number of aromatic amines is 1. The fraction of sp³-hybridized carbons (Fsp3) is 0.111. The summed E-state index contributed by atoms with van der Waals surface area (Å²) in [7, 11) is 0. The Kier molecular flexibility index (Phi) is 2.86. The maximum absolute atomic E-state index is 11.6. The Hall–Kier alpha value is -2.64. The quantitative estimate of drug-likeness (QED) is 0.534. The van der Waals surface area contributed by atoms with Crippen LogP contribution < -0.4 is 5.32 Å². The minimum absolute atomic E-state index is 0.122. The van der Waals surface area contributed by atoms with Gasteiger partial charge in [0.2, 0.25) is 0 Å². The van der Waals surface area contributed by atoms with Crippen LogP contribution in [0.25, 0.3) is 0 Å². The van der Waals surface area contributed by atoms with E-state index in [9.17, 15) is 9.90 Å². The number of hydrogen-bond acceptors (Lipinski definition) is 6. The average molecular weight is 235 g/mol. The van der Waals surface area contributed by atoms with Gasteiger partial charge >= 0.3 is 0 Å². The van der Waals surface area contributed by atoms with E-state index in [0.29, 0.717) is 5.82 Å². The zero-order chi connectivity index (χ0) is 12.3. The van der Waals surface area contributed by atoms with E-state index in [4.69, 9.17) is 5.11 Å². The first-order valence-corrected chi connectivity index (χ1v) is 4.69. The molecule has 1 heterocycles. The zero-order valence-electron chi connectivity index (χ0n) is 8.58. The minimum atomic E-state index is -0.412. The van der Waals surface area contributed by atoms with Gasteiger partial charge in [-0.25, -0.2) is 0 Å². The van der Waals surface area contributed by atoms with E-state index in [-0.39, 0.29) is 23.6 Å². The van der Waals surface area contributed by atoms with E-state index in [0.717, 1.165) is 0 Å². The Morgan fingerprint density at radius 2 is 2.18 bits per heavy atom. The first-order valence-electron chi connectivity index (χ1n) is 4.69. The van der Waals surface area contributed by atoms with Crippen molar-refractivity contribution >= 4 is 5.91 Å². The molecule has 1 aromatic carbocycles. The van der Waals surface area contributed by atoms with Gasteiger partial charge in [0.1, 0.15) is 0 Å². The number of hydrogen-bond donors (Lipinski definition) is 4. The van der Waals surface area contributed by atoms with Crippen molar-refractivity contribution in [3.63, 3.8) is 0 Å². The molecule has 0 unspecified atom stereocenters. The number of phenols is 2. The maximum atomic E-state index is 11.6. The number of aromatic nitrogens is 4. The number of amides is 1. The van der Waals surface area contributed by atoms with Crippen molar-refractivity contribution in [2.24, 2.45) is 0 Å². The summed E-state index contributed by atoms with van der Waals surface area (Å²) in [5.41, 5.74) is 0.226. The van der Waals surface area contributed by atoms with Crippen LogP contribution in [0.4, 0.5) is 0 Å². The molecule has 0 aliphatic rings. The molecule has 0 aliphatic heterocycles. The lowest BCUT2D eigenvalue weighted by Gasteiger charge is -2.03. The van der Waals surface area contributed by atoms with Crippen molar-refractivity contribution < 1.29 is 15.0 Å². The number of H-pyrrole nitrogens is 1. The molecule has 0 saturated carbocycles. The highest BCUT2D eigenvalue weighted by Gasteiger charge is 2.09. The number of phenolic OH excluding ortho intramolecular Hbond substituents is 2. The predicted molar refractivity (Wildman–Crippen MR) is 55.1 cm³/mol. The molecule has 0 bridgehead atoms. The standard InChI is InChI=1S/C9H9N5O3/c15-6-2-1-5(3-7(6)16)9(17)10-4-8-11-13-14-12-8/h1-3,15-16H,4H2,(H,10,17)(H,11,12,13,14). The van der Waals surface area contributed by atoms with Crippen molar-refractivity contribution in [2.75, 3.05) is 0 Å². The smallest absolute Gasteiger partial charge is 0.251 e. The second-order valence-electron chi connectivity index (χ2n) is 3.21. The van der Waals surface area contributed by atoms with Crippen molar-refractivity contribution in [3.05, 3.63) is 29.6 Å². The molecule has 0 fully saturated rings. The monoisotopic (exact) mass is 235 g/mol. The molecule has 1 amide bonds. The van der Waals surface area contributed by atoms with E-state index < -0.39 is 5.91 Å². The second-order valence-corrected chi connectivity index (χ2v) is 3.21. The summed E-state index contributed by atoms with van der Waals surface area (Å²) >= 11 is 0. The van der Waals surface area contributed by atoms with Gasteiger partial charge in [0.15, 0.2) is 17.3 Å². The first kappa shape index (κ1) is 10.9. The van der Waals surface area contributed by atoms with E-state index in [1.54, 1.807) is 0 Å². The van der Waals surface area contributed by atoms with E-state index in [2.05, 4.69) is 25.9 Å². The minimum Gasteiger partial charge on any atom is -0.504 e. The number of rotatable bonds is 3. The number of carbonyl (C=O) groups excluding carboxylic acids is 1. The Morgan fingerprint density at radius 1 is 1.35 bits per heavy atom. The van der Waals surface area contributed by atoms with Gasteiger partial charge < -0.3 is 15.5 Å². The molecule has 88 valence electrons. The Labute approximate surface area is 95.3 Å². The van der Waals surface area contributed by atoms with Crippen molar-refractivity contribution in [3.8, 4) is 11.5 Å². The van der Waals surface area contributed by atoms with Crippen LogP contribution >= 0.6 is 0 Å². The van der Waals surface area contributed by atoms with Gasteiger partial charge in [-0.15, -0.1) is 10.2 Å². The van der Waals surface area contributed by atoms with Crippen molar-refractivity contribution in [1.29, 1.82) is 0 Å². The van der Waals surface area contributed by atoms with Crippen molar-refractivity contribution in [1.82, 2.24) is 25.9 Å². The maximum Gasteiger partial charge on any atom is 0.251 e. The lowest BCUT2D eigenvalue weighted by atomic mass is 10.2. The molecule has 1 aromatic heterocycles. The molecule has 8 nitrogen and oxygen atoms in total. The number of carbonyl (C=O) groups is 1. The topological polar surface area (TPSA) is 124 Å². The molecule has 2 rings (SSSR count). The highest BCUT2D eigenvalue weighted by atomic mass is 16.3. The Morgan fingerprint density at radius 3 is 2.82 bits per heavy atom. The summed E-state index contributed by atoms with van der Waals surface area (Å²) in [6.45, 7) is 0.122.